The van der Waals surface area contributed by atoms with E-state index in [0.29, 0.717) is 21.4 Å². The van der Waals surface area contributed by atoms with Crippen molar-refractivity contribution in [2.24, 2.45) is 0 Å². The Morgan fingerprint density at radius 2 is 1.96 bits per heavy atom. The first kappa shape index (κ1) is 21.8. The van der Waals surface area contributed by atoms with Gasteiger partial charge in [0.25, 0.3) is 0 Å². The molecule has 0 heterocycles. The van der Waals surface area contributed by atoms with Gasteiger partial charge in [0.2, 0.25) is 0 Å². The number of nitrogens with one attached hydrogen (secondary N) is 2. The van der Waals surface area contributed by atoms with Crippen molar-refractivity contribution < 1.29 is 9.53 Å². The van der Waals surface area contributed by atoms with E-state index in [-0.39, 0.29) is 0 Å². The Labute approximate surface area is 179 Å². The van der Waals surface area contributed by atoms with Crippen LogP contribution in [0, 0.1) is 0 Å². The van der Waals surface area contributed by atoms with Gasteiger partial charge in [-0.2, -0.15) is 11.8 Å². The minimum atomic E-state index is -0.488. The number of ether oxygens (including phenoxy) is 1. The summed E-state index contributed by atoms with van der Waals surface area (Å²) in [6.07, 6.45) is 0.963. The van der Waals surface area contributed by atoms with E-state index in [4.69, 9.17) is 40.2 Å². The van der Waals surface area contributed by atoms with Gasteiger partial charge in [0.15, 0.2) is 5.11 Å². The molecule has 0 saturated heterocycles. The Morgan fingerprint density at radius 1 is 1.19 bits per heavy atom. The van der Waals surface area contributed by atoms with Crippen LogP contribution in [0.25, 0.3) is 0 Å². The van der Waals surface area contributed by atoms with Gasteiger partial charge in [-0.3, -0.25) is 0 Å². The van der Waals surface area contributed by atoms with Gasteiger partial charge in [-0.25, -0.2) is 4.79 Å². The predicted molar refractivity (Wildman–Crippen MR) is 119 cm³/mol. The van der Waals surface area contributed by atoms with E-state index in [1.165, 1.54) is 7.11 Å². The molecular formula is C19H20Cl2N2O2S2. The van der Waals surface area contributed by atoms with Crippen LogP contribution in [0.2, 0.25) is 10.0 Å². The third kappa shape index (κ3) is 7.22. The summed E-state index contributed by atoms with van der Waals surface area (Å²) in [4.78, 5) is 11.7. The monoisotopic (exact) mass is 442 g/mol. The standard InChI is InChI=1S/C19H20Cl2N2O2S2/c1-25-18(24)15-11-14(7-8-17(15)21)23-19(26)22-9-4-10-27-12-13-5-2-3-6-16(13)20/h2-3,5-8,11H,4,9-10,12H2,1H3,(H2,22,23,26). The van der Waals surface area contributed by atoms with Crippen molar-refractivity contribution in [3.8, 4) is 0 Å². The Kier molecular flexibility index (Phi) is 9.21. The summed E-state index contributed by atoms with van der Waals surface area (Å²) in [5.74, 6) is 1.40. The molecule has 8 heteroatoms. The third-order valence-corrected chi connectivity index (χ3v) is 5.63. The lowest BCUT2D eigenvalue weighted by Gasteiger charge is -2.12. The Bertz CT molecular complexity index is 803. The van der Waals surface area contributed by atoms with Gasteiger partial charge in [0.05, 0.1) is 17.7 Å². The van der Waals surface area contributed by atoms with Crippen molar-refractivity contribution in [3.63, 3.8) is 0 Å². The molecule has 0 aliphatic rings. The first-order chi connectivity index (χ1) is 13.0. The quantitative estimate of drug-likeness (QED) is 0.324. The smallest absolute Gasteiger partial charge is 0.339 e. The van der Waals surface area contributed by atoms with Gasteiger partial charge in [-0.05, 0) is 54.2 Å². The molecule has 0 bridgehead atoms. The van der Waals surface area contributed by atoms with E-state index in [2.05, 4.69) is 10.6 Å². The molecule has 0 spiro atoms. The molecule has 4 nitrogen and oxygen atoms in total. The van der Waals surface area contributed by atoms with Crippen molar-refractivity contribution in [3.05, 3.63) is 63.6 Å². The van der Waals surface area contributed by atoms with E-state index >= 15 is 0 Å². The number of thioether (sulfide) groups is 1. The van der Waals surface area contributed by atoms with Crippen LogP contribution in [0.15, 0.2) is 42.5 Å². The van der Waals surface area contributed by atoms with Crippen molar-refractivity contribution >= 4 is 64.0 Å². The second-order valence-corrected chi connectivity index (χ2v) is 7.89. The number of benzene rings is 2. The fourth-order valence-corrected chi connectivity index (χ4v) is 3.88. The second kappa shape index (κ2) is 11.4. The van der Waals surface area contributed by atoms with Gasteiger partial charge < -0.3 is 15.4 Å². The Balaban J connectivity index is 1.69. The average molecular weight is 443 g/mol. The number of hydrogen-bond donors (Lipinski definition) is 2. The van der Waals surface area contributed by atoms with Crippen molar-refractivity contribution in [2.75, 3.05) is 24.7 Å². The number of methoxy groups -OCH3 is 1. The zero-order valence-electron chi connectivity index (χ0n) is 14.8. The minimum Gasteiger partial charge on any atom is -0.465 e. The molecule has 2 aromatic rings. The average Bonchev–Trinajstić information content (AvgIpc) is 2.66. The maximum Gasteiger partial charge on any atom is 0.339 e. The molecule has 0 aliphatic heterocycles. The summed E-state index contributed by atoms with van der Waals surface area (Å²) in [7, 11) is 1.31. The van der Waals surface area contributed by atoms with E-state index in [0.717, 1.165) is 35.1 Å². The predicted octanol–water partition coefficient (Wildman–Crippen LogP) is 5.39. The number of carbonyl (C=O) groups is 1. The summed E-state index contributed by atoms with van der Waals surface area (Å²) >= 11 is 19.3. The molecule has 2 aromatic carbocycles. The highest BCUT2D eigenvalue weighted by molar-refractivity contribution is 7.98. The van der Waals surface area contributed by atoms with Crippen LogP contribution in [0.1, 0.15) is 22.3 Å². The highest BCUT2D eigenvalue weighted by atomic mass is 35.5. The van der Waals surface area contributed by atoms with Crippen molar-refractivity contribution in [2.45, 2.75) is 12.2 Å². The molecular weight excluding hydrogens is 423 g/mol. The van der Waals surface area contributed by atoms with Gasteiger partial charge in [0, 0.05) is 23.0 Å². The van der Waals surface area contributed by atoms with Crippen molar-refractivity contribution in [1.29, 1.82) is 0 Å². The zero-order chi connectivity index (χ0) is 19.6. The summed E-state index contributed by atoms with van der Waals surface area (Å²) in [6, 6.07) is 12.9. The fraction of sp³-hybridized carbons (Fsp3) is 0.263. The van der Waals surface area contributed by atoms with Crippen LogP contribution >= 0.6 is 47.2 Å². The van der Waals surface area contributed by atoms with Crippen molar-refractivity contribution in [1.82, 2.24) is 5.32 Å². The normalized spacial score (nSPS) is 10.3. The number of thiocarbonyl (C=S) groups is 1. The lowest BCUT2D eigenvalue weighted by molar-refractivity contribution is 0.0601. The molecule has 0 aliphatic carbocycles. The molecule has 0 saturated carbocycles. The van der Waals surface area contributed by atoms with E-state index < -0.39 is 5.97 Å². The fourth-order valence-electron chi connectivity index (χ4n) is 2.22. The van der Waals surface area contributed by atoms with Gasteiger partial charge in [0.1, 0.15) is 0 Å². The SMILES string of the molecule is COC(=O)c1cc(NC(=S)NCCCSCc2ccccc2Cl)ccc1Cl. The third-order valence-electron chi connectivity index (χ3n) is 3.60. The maximum absolute atomic E-state index is 11.7. The van der Waals surface area contributed by atoms with Gasteiger partial charge >= 0.3 is 5.97 Å². The number of esters is 1. The number of hydrogen-bond acceptors (Lipinski definition) is 4. The van der Waals surface area contributed by atoms with E-state index in [9.17, 15) is 4.79 Å². The molecule has 0 radical (unpaired) electrons. The summed E-state index contributed by atoms with van der Waals surface area (Å²) in [5.41, 5.74) is 2.12. The van der Waals surface area contributed by atoms with Crippen LogP contribution < -0.4 is 10.6 Å². The topological polar surface area (TPSA) is 50.4 Å². The zero-order valence-corrected chi connectivity index (χ0v) is 17.9. The molecule has 0 amide bonds. The second-order valence-electron chi connectivity index (χ2n) is 5.56. The molecule has 0 aromatic heterocycles. The Morgan fingerprint density at radius 3 is 2.70 bits per heavy atom. The summed E-state index contributed by atoms with van der Waals surface area (Å²) in [5, 5.41) is 7.83. The molecule has 2 N–H and O–H groups in total. The lowest BCUT2D eigenvalue weighted by Crippen LogP contribution is -2.29. The first-order valence-electron chi connectivity index (χ1n) is 8.25. The van der Waals surface area contributed by atoms with Crippen LogP contribution in [0.3, 0.4) is 0 Å². The first-order valence-corrected chi connectivity index (χ1v) is 10.6. The van der Waals surface area contributed by atoms with Gasteiger partial charge in [-0.1, -0.05) is 41.4 Å². The molecule has 144 valence electrons. The molecule has 2 rings (SSSR count). The van der Waals surface area contributed by atoms with Crippen LogP contribution in [0.5, 0.6) is 0 Å². The van der Waals surface area contributed by atoms with Crippen LogP contribution in [-0.2, 0) is 10.5 Å². The van der Waals surface area contributed by atoms with Crippen LogP contribution in [0.4, 0.5) is 5.69 Å². The highest BCUT2D eigenvalue weighted by Crippen LogP contribution is 2.22. The highest BCUT2D eigenvalue weighted by Gasteiger charge is 2.11. The number of carbonyl (C=O) groups excluding carboxylic acids is 1. The molecule has 0 unspecified atom stereocenters. The molecule has 0 atom stereocenters. The molecule has 27 heavy (non-hydrogen) atoms. The number of halogens is 2. The van der Waals surface area contributed by atoms with E-state index in [1.807, 2.05) is 36.0 Å². The van der Waals surface area contributed by atoms with Crippen LogP contribution in [-0.4, -0.2) is 30.5 Å². The lowest BCUT2D eigenvalue weighted by atomic mass is 10.2. The van der Waals surface area contributed by atoms with E-state index in [1.54, 1.807) is 18.2 Å². The summed E-state index contributed by atoms with van der Waals surface area (Å²) < 4.78 is 4.71. The number of rotatable bonds is 8. The Hall–Kier alpha value is -1.47. The number of anilines is 1. The largest absolute Gasteiger partial charge is 0.465 e. The summed E-state index contributed by atoms with van der Waals surface area (Å²) in [6.45, 7) is 0.749. The minimum absolute atomic E-state index is 0.294. The maximum atomic E-state index is 11.7. The van der Waals surface area contributed by atoms with Gasteiger partial charge in [-0.15, -0.1) is 0 Å². The molecule has 0 fully saturated rings.